The molecule has 22 heavy (non-hydrogen) atoms. The average molecular weight is 317 g/mol. The van der Waals surface area contributed by atoms with Gasteiger partial charge in [0, 0.05) is 37.0 Å². The lowest BCUT2D eigenvalue weighted by molar-refractivity contribution is 0.425. The first-order valence-electron chi connectivity index (χ1n) is 7.12. The standard InChI is InChI=1S/C16H17ClN4O/c1-9(2)4-14-20-13(16(22)21(14)3)5-10-7-18-15-12(10)6-11(17)8-19-15/h5-9,22H,4H2,1-3H3. The van der Waals surface area contributed by atoms with Crippen LogP contribution >= 0.6 is 11.6 Å². The van der Waals surface area contributed by atoms with Gasteiger partial charge in [0.05, 0.1) is 5.02 Å². The summed E-state index contributed by atoms with van der Waals surface area (Å²) in [5.74, 6) is 2.12. The number of rotatable bonds is 3. The highest BCUT2D eigenvalue weighted by molar-refractivity contribution is 6.31. The van der Waals surface area contributed by atoms with Crippen LogP contribution in [0, 0.1) is 5.92 Å². The minimum atomic E-state index is 0.153. The number of fused-ring (bicyclic) bond motifs is 1. The van der Waals surface area contributed by atoms with Gasteiger partial charge in [-0.25, -0.2) is 15.0 Å². The van der Waals surface area contributed by atoms with Crippen molar-refractivity contribution in [1.82, 2.24) is 14.5 Å². The summed E-state index contributed by atoms with van der Waals surface area (Å²) in [6.45, 7) is 4.24. The maximum atomic E-state index is 10.3. The summed E-state index contributed by atoms with van der Waals surface area (Å²) in [5, 5.41) is 10.8. The van der Waals surface area contributed by atoms with E-state index < -0.39 is 0 Å². The maximum Gasteiger partial charge on any atom is 0.218 e. The molecule has 0 atom stereocenters. The summed E-state index contributed by atoms with van der Waals surface area (Å²) < 4.78 is 1.72. The molecule has 3 heterocycles. The Hall–Kier alpha value is -2.14. The first-order chi connectivity index (χ1) is 10.5. The van der Waals surface area contributed by atoms with Crippen LogP contribution < -0.4 is 0 Å². The van der Waals surface area contributed by atoms with Crippen molar-refractivity contribution >= 4 is 35.3 Å². The van der Waals surface area contributed by atoms with Crippen LogP contribution in [-0.4, -0.2) is 25.9 Å². The largest absolute Gasteiger partial charge is 0.493 e. The zero-order chi connectivity index (χ0) is 15.9. The molecule has 0 bridgehead atoms. The maximum absolute atomic E-state index is 10.3. The van der Waals surface area contributed by atoms with Crippen molar-refractivity contribution in [2.45, 2.75) is 20.3 Å². The second kappa shape index (κ2) is 5.57. The molecule has 6 heteroatoms. The average Bonchev–Trinajstić information content (AvgIpc) is 2.96. The molecule has 0 saturated heterocycles. The van der Waals surface area contributed by atoms with Crippen LogP contribution in [0.2, 0.25) is 5.02 Å². The molecule has 0 saturated carbocycles. The lowest BCUT2D eigenvalue weighted by atomic mass is 10.1. The van der Waals surface area contributed by atoms with Gasteiger partial charge in [-0.2, -0.15) is 0 Å². The Morgan fingerprint density at radius 3 is 2.91 bits per heavy atom. The lowest BCUT2D eigenvalue weighted by Crippen LogP contribution is -2.02. The van der Waals surface area contributed by atoms with E-state index in [1.165, 1.54) is 0 Å². The Morgan fingerprint density at radius 1 is 1.41 bits per heavy atom. The van der Waals surface area contributed by atoms with Crippen molar-refractivity contribution in [3.05, 3.63) is 34.4 Å². The van der Waals surface area contributed by atoms with Gasteiger partial charge >= 0.3 is 0 Å². The molecule has 0 radical (unpaired) electrons. The third-order valence-corrected chi connectivity index (χ3v) is 3.74. The van der Waals surface area contributed by atoms with Crippen molar-refractivity contribution in [3.8, 4) is 5.88 Å². The zero-order valence-electron chi connectivity index (χ0n) is 12.7. The van der Waals surface area contributed by atoms with E-state index in [4.69, 9.17) is 11.6 Å². The summed E-state index contributed by atoms with van der Waals surface area (Å²) in [6, 6.07) is 1.82. The smallest absolute Gasteiger partial charge is 0.218 e. The van der Waals surface area contributed by atoms with Crippen LogP contribution in [-0.2, 0) is 13.5 Å². The number of nitrogens with zero attached hydrogens (tertiary/aromatic N) is 4. The monoisotopic (exact) mass is 316 g/mol. The van der Waals surface area contributed by atoms with Gasteiger partial charge in [-0.05, 0) is 18.1 Å². The van der Waals surface area contributed by atoms with Gasteiger partial charge in [0.15, 0.2) is 5.82 Å². The van der Waals surface area contributed by atoms with Crippen molar-refractivity contribution in [3.63, 3.8) is 0 Å². The first kappa shape index (κ1) is 14.8. The summed E-state index contributed by atoms with van der Waals surface area (Å²) in [4.78, 5) is 13.0. The van der Waals surface area contributed by atoms with E-state index in [9.17, 15) is 5.11 Å². The molecule has 3 rings (SSSR count). The van der Waals surface area contributed by atoms with Gasteiger partial charge < -0.3 is 9.67 Å². The van der Waals surface area contributed by atoms with Crippen LogP contribution in [0.1, 0.15) is 30.9 Å². The summed E-state index contributed by atoms with van der Waals surface area (Å²) in [6.07, 6.45) is 5.90. The Labute approximate surface area is 134 Å². The van der Waals surface area contributed by atoms with Crippen molar-refractivity contribution < 1.29 is 5.11 Å². The molecule has 1 aliphatic heterocycles. The molecule has 2 aromatic heterocycles. The predicted octanol–water partition coefficient (Wildman–Crippen LogP) is 3.63. The summed E-state index contributed by atoms with van der Waals surface area (Å²) in [5.41, 5.74) is 2.23. The second-order valence-corrected chi connectivity index (χ2v) is 6.21. The summed E-state index contributed by atoms with van der Waals surface area (Å²) in [7, 11) is 1.82. The molecule has 0 aliphatic carbocycles. The zero-order valence-corrected chi connectivity index (χ0v) is 13.5. The number of aromatic hydroxyl groups is 1. The van der Waals surface area contributed by atoms with Crippen LogP contribution in [0.15, 0.2) is 17.3 Å². The molecule has 0 amide bonds. The van der Waals surface area contributed by atoms with E-state index in [1.54, 1.807) is 17.0 Å². The molecule has 114 valence electrons. The number of imidazole rings is 1. The van der Waals surface area contributed by atoms with Crippen LogP contribution in [0.3, 0.4) is 0 Å². The highest BCUT2D eigenvalue weighted by Gasteiger charge is 2.18. The van der Waals surface area contributed by atoms with Gasteiger partial charge in [-0.3, -0.25) is 0 Å². The predicted molar refractivity (Wildman–Crippen MR) is 88.7 cm³/mol. The minimum Gasteiger partial charge on any atom is -0.493 e. The molecule has 2 aromatic rings. The Bertz CT molecular complexity index is 790. The number of hydrogen-bond acceptors (Lipinski definition) is 4. The molecule has 0 fully saturated rings. The van der Waals surface area contributed by atoms with E-state index in [1.807, 2.05) is 19.2 Å². The highest BCUT2D eigenvalue weighted by atomic mass is 35.5. The van der Waals surface area contributed by atoms with Crippen LogP contribution in [0.4, 0.5) is 5.82 Å². The fourth-order valence-electron chi connectivity index (χ4n) is 2.41. The molecule has 0 aromatic carbocycles. The van der Waals surface area contributed by atoms with E-state index in [0.717, 1.165) is 23.4 Å². The van der Waals surface area contributed by atoms with Crippen LogP contribution in [0.25, 0.3) is 11.6 Å². The SMILES string of the molecule is CC(C)Cc1nc(C=C2C=Nc3ncc(Cl)cc32)c(O)n1C. The van der Waals surface area contributed by atoms with E-state index in [-0.39, 0.29) is 5.88 Å². The van der Waals surface area contributed by atoms with Gasteiger partial charge in [-0.1, -0.05) is 25.4 Å². The number of aliphatic imine (C=N–C) groups is 1. The molecule has 0 unspecified atom stereocenters. The summed E-state index contributed by atoms with van der Waals surface area (Å²) >= 11 is 6.00. The molecule has 1 aliphatic rings. The topological polar surface area (TPSA) is 63.3 Å². The Balaban J connectivity index is 2.01. The van der Waals surface area contributed by atoms with Crippen LogP contribution in [0.5, 0.6) is 5.88 Å². The van der Waals surface area contributed by atoms with Crippen molar-refractivity contribution in [2.24, 2.45) is 18.0 Å². The normalized spacial score (nSPS) is 15.0. The Kier molecular flexibility index (Phi) is 3.74. The van der Waals surface area contributed by atoms with Gasteiger partial charge in [0.2, 0.25) is 5.88 Å². The van der Waals surface area contributed by atoms with E-state index in [2.05, 4.69) is 28.8 Å². The van der Waals surface area contributed by atoms with E-state index >= 15 is 0 Å². The first-order valence-corrected chi connectivity index (χ1v) is 7.49. The highest BCUT2D eigenvalue weighted by Crippen LogP contribution is 2.33. The molecular weight excluding hydrogens is 300 g/mol. The third-order valence-electron chi connectivity index (χ3n) is 3.54. The Morgan fingerprint density at radius 2 is 2.18 bits per heavy atom. The fourth-order valence-corrected chi connectivity index (χ4v) is 2.57. The molecular formula is C16H17ClN4O. The van der Waals surface area contributed by atoms with E-state index in [0.29, 0.717) is 22.5 Å². The van der Waals surface area contributed by atoms with Gasteiger partial charge in [0.25, 0.3) is 0 Å². The number of hydrogen-bond donors (Lipinski definition) is 1. The number of pyridine rings is 1. The lowest BCUT2D eigenvalue weighted by Gasteiger charge is -2.03. The fraction of sp³-hybridized carbons (Fsp3) is 0.312. The molecule has 0 spiro atoms. The third kappa shape index (κ3) is 2.64. The van der Waals surface area contributed by atoms with Crippen molar-refractivity contribution in [2.75, 3.05) is 0 Å². The molecule has 1 N–H and O–H groups in total. The number of halogens is 1. The van der Waals surface area contributed by atoms with Crippen molar-refractivity contribution in [1.29, 1.82) is 0 Å². The molecule has 5 nitrogen and oxygen atoms in total. The number of allylic oxidation sites excluding steroid dienone is 1. The van der Waals surface area contributed by atoms with Gasteiger partial charge in [0.1, 0.15) is 11.5 Å². The number of aromatic nitrogens is 3. The second-order valence-electron chi connectivity index (χ2n) is 5.78. The van der Waals surface area contributed by atoms with Gasteiger partial charge in [-0.15, -0.1) is 0 Å². The minimum absolute atomic E-state index is 0.153. The quantitative estimate of drug-likeness (QED) is 0.940.